The number of carboxylic acid groups (broad SMARTS) is 1. The molecule has 2 atom stereocenters. The lowest BCUT2D eigenvalue weighted by Crippen LogP contribution is -2.55. The number of fused-ring (bicyclic) bond motifs is 3. The third kappa shape index (κ3) is 1.26. The molecule has 3 rings (SSSR count). The largest absolute Gasteiger partial charge is 0.477 e. The summed E-state index contributed by atoms with van der Waals surface area (Å²) in [6.07, 6.45) is 2.62. The van der Waals surface area contributed by atoms with E-state index in [-0.39, 0.29) is 23.6 Å². The van der Waals surface area contributed by atoms with E-state index in [0.717, 1.165) is 29.1 Å². The predicted octanol–water partition coefficient (Wildman–Crippen LogP) is 1.25. The zero-order valence-electron chi connectivity index (χ0n) is 9.47. The van der Waals surface area contributed by atoms with Crippen LogP contribution in [0.25, 0.3) is 0 Å². The Morgan fingerprint density at radius 1 is 1.59 bits per heavy atom. The molecule has 0 aromatic heterocycles. The van der Waals surface area contributed by atoms with Crippen molar-refractivity contribution in [1.29, 1.82) is 0 Å². The highest BCUT2D eigenvalue weighted by atomic mass is 32.2. The van der Waals surface area contributed by atoms with Gasteiger partial charge in [0.2, 0.25) is 0 Å². The Hall–Kier alpha value is -1.23. The first-order chi connectivity index (χ1) is 8.16. The van der Waals surface area contributed by atoms with E-state index in [1.807, 2.05) is 24.8 Å². The molecule has 0 unspecified atom stereocenters. The summed E-state index contributed by atoms with van der Waals surface area (Å²) in [5.41, 5.74) is 2.02. The third-order valence-corrected chi connectivity index (χ3v) is 4.85. The summed E-state index contributed by atoms with van der Waals surface area (Å²) >= 11 is 1.85. The van der Waals surface area contributed by atoms with E-state index in [9.17, 15) is 14.7 Å². The fourth-order valence-electron chi connectivity index (χ4n) is 3.05. The Balaban J connectivity index is 2.07. The van der Waals surface area contributed by atoms with E-state index in [1.165, 1.54) is 4.90 Å². The Morgan fingerprint density at radius 2 is 2.35 bits per heavy atom. The van der Waals surface area contributed by atoms with Crippen LogP contribution in [0.15, 0.2) is 22.9 Å². The molecule has 0 aromatic carbocycles. The number of allylic oxidation sites excluding steroid dienone is 1. The first-order valence-corrected chi connectivity index (χ1v) is 6.86. The van der Waals surface area contributed by atoms with E-state index < -0.39 is 5.97 Å². The van der Waals surface area contributed by atoms with Gasteiger partial charge in [-0.05, 0) is 24.7 Å². The van der Waals surface area contributed by atoms with Crippen LogP contribution in [0.1, 0.15) is 13.3 Å². The molecule has 0 aromatic rings. The molecular formula is C12H13NO3S. The molecule has 5 heteroatoms. The minimum atomic E-state index is -0.956. The van der Waals surface area contributed by atoms with Crippen LogP contribution in [0, 0.1) is 5.92 Å². The second-order valence-corrected chi connectivity index (χ2v) is 5.62. The minimum absolute atomic E-state index is 0.00130. The quantitative estimate of drug-likeness (QED) is 0.563. The van der Waals surface area contributed by atoms with Gasteiger partial charge in [0, 0.05) is 17.2 Å². The van der Waals surface area contributed by atoms with Gasteiger partial charge in [-0.3, -0.25) is 9.69 Å². The first-order valence-electron chi connectivity index (χ1n) is 5.70. The lowest BCUT2D eigenvalue weighted by atomic mass is 9.84. The van der Waals surface area contributed by atoms with Crippen LogP contribution < -0.4 is 0 Å². The van der Waals surface area contributed by atoms with Crippen molar-refractivity contribution in [2.24, 2.45) is 5.92 Å². The standard InChI is InChI=1S/C12H13NO3S/c1-2-6-9-8-5-17-4-3-7(8)10(12(15)16)13(9)11(6)14/h2,8-9H,3-5H2,1H3,(H,15,16)/b6-2+/t8-,9+/m1/s1. The number of carbonyl (C=O) groups excluding carboxylic acids is 1. The van der Waals surface area contributed by atoms with Gasteiger partial charge in [-0.25, -0.2) is 4.79 Å². The maximum atomic E-state index is 11.9. The zero-order chi connectivity index (χ0) is 12.2. The highest BCUT2D eigenvalue weighted by Crippen LogP contribution is 2.49. The molecule has 2 fully saturated rings. The molecule has 0 spiro atoms. The number of hydrogen-bond donors (Lipinski definition) is 1. The van der Waals surface area contributed by atoms with Crippen molar-refractivity contribution < 1.29 is 14.7 Å². The smallest absolute Gasteiger partial charge is 0.352 e. The molecule has 0 bridgehead atoms. The normalized spacial score (nSPS) is 33.6. The average Bonchev–Trinajstić information content (AvgIpc) is 2.61. The van der Waals surface area contributed by atoms with E-state index in [4.69, 9.17) is 0 Å². The summed E-state index contributed by atoms with van der Waals surface area (Å²) in [6, 6.07) is 0.00130. The summed E-state index contributed by atoms with van der Waals surface area (Å²) in [5.74, 6) is 1.04. The monoisotopic (exact) mass is 251 g/mol. The number of β-lactam (4-membered cyclic amide) rings is 1. The number of thioether (sulfide) groups is 1. The van der Waals surface area contributed by atoms with Crippen LogP contribution in [-0.2, 0) is 9.59 Å². The lowest BCUT2D eigenvalue weighted by molar-refractivity contribution is -0.142. The summed E-state index contributed by atoms with van der Waals surface area (Å²) in [4.78, 5) is 24.7. The number of carboxylic acids is 1. The molecule has 1 amide bonds. The van der Waals surface area contributed by atoms with Crippen molar-refractivity contribution in [1.82, 2.24) is 4.90 Å². The van der Waals surface area contributed by atoms with Crippen molar-refractivity contribution in [3.8, 4) is 0 Å². The number of rotatable bonds is 1. The zero-order valence-corrected chi connectivity index (χ0v) is 10.3. The molecule has 3 aliphatic heterocycles. The molecule has 0 saturated carbocycles. The summed E-state index contributed by atoms with van der Waals surface area (Å²) in [7, 11) is 0. The van der Waals surface area contributed by atoms with Crippen molar-refractivity contribution >= 4 is 23.6 Å². The van der Waals surface area contributed by atoms with Gasteiger partial charge >= 0.3 is 5.97 Å². The topological polar surface area (TPSA) is 57.6 Å². The predicted molar refractivity (Wildman–Crippen MR) is 64.5 cm³/mol. The van der Waals surface area contributed by atoms with Crippen LogP contribution in [0.4, 0.5) is 0 Å². The van der Waals surface area contributed by atoms with E-state index in [0.29, 0.717) is 0 Å². The molecule has 90 valence electrons. The molecule has 3 heterocycles. The maximum Gasteiger partial charge on any atom is 0.352 e. The Labute approximate surface area is 103 Å². The van der Waals surface area contributed by atoms with Crippen LogP contribution in [-0.4, -0.2) is 39.4 Å². The van der Waals surface area contributed by atoms with Gasteiger partial charge in [-0.2, -0.15) is 11.8 Å². The van der Waals surface area contributed by atoms with E-state index >= 15 is 0 Å². The fraction of sp³-hybridized carbons (Fsp3) is 0.500. The minimum Gasteiger partial charge on any atom is -0.477 e. The van der Waals surface area contributed by atoms with Gasteiger partial charge in [0.25, 0.3) is 5.91 Å². The van der Waals surface area contributed by atoms with Gasteiger partial charge in [-0.15, -0.1) is 0 Å². The second-order valence-electron chi connectivity index (χ2n) is 4.47. The van der Waals surface area contributed by atoms with Crippen molar-refractivity contribution in [2.45, 2.75) is 19.4 Å². The van der Waals surface area contributed by atoms with Crippen molar-refractivity contribution in [3.05, 3.63) is 22.9 Å². The van der Waals surface area contributed by atoms with Gasteiger partial charge in [-0.1, -0.05) is 6.08 Å². The third-order valence-electron chi connectivity index (χ3n) is 3.76. The SMILES string of the molecule is C/C=C1/C(=O)N2C(C(=O)O)=C3CCSC[C@H]3[C@H]12. The van der Waals surface area contributed by atoms with Gasteiger partial charge in [0.15, 0.2) is 0 Å². The second kappa shape index (κ2) is 3.63. The van der Waals surface area contributed by atoms with E-state index in [1.54, 1.807) is 0 Å². The molecule has 0 radical (unpaired) electrons. The summed E-state index contributed by atoms with van der Waals surface area (Å²) < 4.78 is 0. The lowest BCUT2D eigenvalue weighted by Gasteiger charge is -2.41. The Morgan fingerprint density at radius 3 is 3.00 bits per heavy atom. The number of nitrogens with zero attached hydrogens (tertiary/aromatic N) is 1. The van der Waals surface area contributed by atoms with Crippen LogP contribution in [0.2, 0.25) is 0 Å². The van der Waals surface area contributed by atoms with Crippen LogP contribution in [0.3, 0.4) is 0 Å². The van der Waals surface area contributed by atoms with Gasteiger partial charge in [0.1, 0.15) is 5.70 Å². The molecule has 3 aliphatic rings. The van der Waals surface area contributed by atoms with Gasteiger partial charge in [0.05, 0.1) is 6.04 Å². The molecule has 4 nitrogen and oxygen atoms in total. The van der Waals surface area contributed by atoms with Gasteiger partial charge < -0.3 is 5.11 Å². The molecule has 0 aliphatic carbocycles. The first kappa shape index (κ1) is 10.9. The van der Waals surface area contributed by atoms with Crippen LogP contribution >= 0.6 is 11.8 Å². The molecule has 2 saturated heterocycles. The van der Waals surface area contributed by atoms with E-state index in [2.05, 4.69) is 0 Å². The molecular weight excluding hydrogens is 238 g/mol. The average molecular weight is 251 g/mol. The maximum absolute atomic E-state index is 11.9. The molecule has 17 heavy (non-hydrogen) atoms. The number of carbonyl (C=O) groups is 2. The van der Waals surface area contributed by atoms with Crippen molar-refractivity contribution in [3.63, 3.8) is 0 Å². The summed E-state index contributed by atoms with van der Waals surface area (Å²) in [5, 5.41) is 9.27. The Kier molecular flexibility index (Phi) is 2.33. The number of hydrogen-bond acceptors (Lipinski definition) is 3. The highest BCUT2D eigenvalue weighted by molar-refractivity contribution is 7.99. The number of aliphatic carboxylic acids is 1. The fourth-order valence-corrected chi connectivity index (χ4v) is 4.21. The van der Waals surface area contributed by atoms with Crippen molar-refractivity contribution in [2.75, 3.05) is 11.5 Å². The highest BCUT2D eigenvalue weighted by Gasteiger charge is 2.56. The summed E-state index contributed by atoms with van der Waals surface area (Å²) in [6.45, 7) is 1.85. The number of amides is 1. The van der Waals surface area contributed by atoms with Crippen LogP contribution in [0.5, 0.6) is 0 Å². The molecule has 1 N–H and O–H groups in total. The Bertz CT molecular complexity index is 480.